The summed E-state index contributed by atoms with van der Waals surface area (Å²) in [6.45, 7) is 5.44. The van der Waals surface area contributed by atoms with Gasteiger partial charge in [-0.3, -0.25) is 4.79 Å². The molecule has 0 aromatic heterocycles. The number of amides is 1. The number of fused-ring (bicyclic) bond motifs is 1. The maximum absolute atomic E-state index is 11.1. The molecule has 0 saturated heterocycles. The number of anilines is 1. The van der Waals surface area contributed by atoms with Crippen LogP contribution in [0.15, 0.2) is 18.2 Å². The van der Waals surface area contributed by atoms with Gasteiger partial charge in [0, 0.05) is 6.92 Å². The van der Waals surface area contributed by atoms with Crippen molar-refractivity contribution in [3.05, 3.63) is 23.8 Å². The van der Waals surface area contributed by atoms with E-state index in [1.165, 1.54) is 6.92 Å². The highest BCUT2D eigenvalue weighted by Gasteiger charge is 2.25. The van der Waals surface area contributed by atoms with Crippen molar-refractivity contribution in [1.82, 2.24) is 0 Å². The molecule has 18 heavy (non-hydrogen) atoms. The van der Waals surface area contributed by atoms with Gasteiger partial charge < -0.3 is 14.8 Å². The molecule has 1 aromatic rings. The number of rotatable bonds is 2. The summed E-state index contributed by atoms with van der Waals surface area (Å²) < 4.78 is 11.2. The van der Waals surface area contributed by atoms with Crippen LogP contribution in [-0.4, -0.2) is 18.6 Å². The molecule has 0 fully saturated rings. The summed E-state index contributed by atoms with van der Waals surface area (Å²) in [5.41, 5.74) is 1.17. The summed E-state index contributed by atoms with van der Waals surface area (Å²) in [6.07, 6.45) is 3.93. The minimum atomic E-state index is -0.326. The van der Waals surface area contributed by atoms with Crippen molar-refractivity contribution in [2.24, 2.45) is 0 Å². The highest BCUT2D eigenvalue weighted by molar-refractivity contribution is 5.92. The van der Waals surface area contributed by atoms with Crippen LogP contribution in [0.1, 0.15) is 26.3 Å². The second-order valence-corrected chi connectivity index (χ2v) is 4.78. The Labute approximate surface area is 107 Å². The third-order valence-corrected chi connectivity index (χ3v) is 2.70. The van der Waals surface area contributed by atoms with Crippen LogP contribution >= 0.6 is 0 Å². The first-order chi connectivity index (χ1) is 8.43. The van der Waals surface area contributed by atoms with Crippen molar-refractivity contribution in [1.29, 1.82) is 0 Å². The molecule has 1 aliphatic heterocycles. The van der Waals surface area contributed by atoms with Crippen LogP contribution in [0.25, 0.3) is 6.08 Å². The molecule has 0 atom stereocenters. The zero-order chi connectivity index (χ0) is 13.3. The lowest BCUT2D eigenvalue weighted by atomic mass is 10.0. The van der Waals surface area contributed by atoms with E-state index in [4.69, 9.17) is 9.47 Å². The van der Waals surface area contributed by atoms with Gasteiger partial charge in [0.25, 0.3) is 0 Å². The van der Waals surface area contributed by atoms with Crippen molar-refractivity contribution in [3.63, 3.8) is 0 Å². The number of hydrogen-bond acceptors (Lipinski definition) is 3. The molecule has 0 unspecified atom stereocenters. The molecule has 1 amide bonds. The smallest absolute Gasteiger partial charge is 0.221 e. The van der Waals surface area contributed by atoms with Gasteiger partial charge in [0.2, 0.25) is 5.91 Å². The average Bonchev–Trinajstić information content (AvgIpc) is 2.27. The van der Waals surface area contributed by atoms with E-state index in [0.29, 0.717) is 11.4 Å². The molecule has 1 heterocycles. The van der Waals surface area contributed by atoms with E-state index in [1.54, 1.807) is 13.2 Å². The van der Waals surface area contributed by atoms with Crippen LogP contribution in [0.4, 0.5) is 5.69 Å². The largest absolute Gasteiger partial charge is 0.494 e. The summed E-state index contributed by atoms with van der Waals surface area (Å²) in [7, 11) is 1.58. The van der Waals surface area contributed by atoms with Crippen molar-refractivity contribution < 1.29 is 14.3 Å². The van der Waals surface area contributed by atoms with E-state index in [0.717, 1.165) is 11.3 Å². The Kier molecular flexibility index (Phi) is 3.03. The van der Waals surface area contributed by atoms with E-state index in [2.05, 4.69) is 5.32 Å². The second kappa shape index (κ2) is 4.37. The molecule has 0 radical (unpaired) electrons. The Hall–Kier alpha value is -1.97. The Morgan fingerprint density at radius 1 is 1.39 bits per heavy atom. The first-order valence-corrected chi connectivity index (χ1v) is 5.80. The predicted octanol–water partition coefficient (Wildman–Crippen LogP) is 2.84. The maximum Gasteiger partial charge on any atom is 0.221 e. The number of ether oxygens (including phenoxy) is 2. The predicted molar refractivity (Wildman–Crippen MR) is 71.0 cm³/mol. The van der Waals surface area contributed by atoms with E-state index in [-0.39, 0.29) is 11.5 Å². The molecule has 0 spiro atoms. The van der Waals surface area contributed by atoms with Gasteiger partial charge >= 0.3 is 0 Å². The number of nitrogens with one attached hydrogen (secondary N) is 1. The van der Waals surface area contributed by atoms with Gasteiger partial charge in [0.1, 0.15) is 11.4 Å². The summed E-state index contributed by atoms with van der Waals surface area (Å²) in [4.78, 5) is 11.1. The summed E-state index contributed by atoms with van der Waals surface area (Å²) >= 11 is 0. The van der Waals surface area contributed by atoms with Crippen molar-refractivity contribution >= 4 is 17.7 Å². The Morgan fingerprint density at radius 2 is 2.11 bits per heavy atom. The Bertz CT molecular complexity index is 518. The SMILES string of the molecule is COc1c(NC(C)=O)ccc2c1C=CC(C)(C)O2. The number of methoxy groups -OCH3 is 1. The molecule has 0 bridgehead atoms. The molecule has 4 heteroatoms. The van der Waals surface area contributed by atoms with Crippen LogP contribution in [-0.2, 0) is 4.79 Å². The van der Waals surface area contributed by atoms with E-state index >= 15 is 0 Å². The monoisotopic (exact) mass is 247 g/mol. The molecule has 0 saturated carbocycles. The van der Waals surface area contributed by atoms with Gasteiger partial charge in [-0.2, -0.15) is 0 Å². The Balaban J connectivity index is 2.49. The van der Waals surface area contributed by atoms with Crippen LogP contribution in [0.5, 0.6) is 11.5 Å². The van der Waals surface area contributed by atoms with E-state index in [9.17, 15) is 4.79 Å². The van der Waals surface area contributed by atoms with Gasteiger partial charge in [-0.25, -0.2) is 0 Å². The zero-order valence-electron chi connectivity index (χ0n) is 11.0. The fourth-order valence-electron chi connectivity index (χ4n) is 1.94. The molecule has 1 N–H and O–H groups in total. The molecule has 1 aliphatic rings. The molecular weight excluding hydrogens is 230 g/mol. The number of carbonyl (C=O) groups excluding carboxylic acids is 1. The second-order valence-electron chi connectivity index (χ2n) is 4.78. The standard InChI is InChI=1S/C14H17NO3/c1-9(16)15-11-5-6-12-10(13(11)17-4)7-8-14(2,3)18-12/h5-8H,1-4H3,(H,15,16). The minimum absolute atomic E-state index is 0.130. The molecule has 4 nitrogen and oxygen atoms in total. The van der Waals surface area contributed by atoms with Crippen molar-refractivity contribution in [3.8, 4) is 11.5 Å². The van der Waals surface area contributed by atoms with Gasteiger partial charge in [-0.05, 0) is 38.1 Å². The van der Waals surface area contributed by atoms with Gasteiger partial charge in [-0.1, -0.05) is 0 Å². The van der Waals surface area contributed by atoms with Gasteiger partial charge in [0.05, 0.1) is 18.4 Å². The highest BCUT2D eigenvalue weighted by atomic mass is 16.5. The topological polar surface area (TPSA) is 47.6 Å². The van der Waals surface area contributed by atoms with Crippen molar-refractivity contribution in [2.75, 3.05) is 12.4 Å². The first-order valence-electron chi connectivity index (χ1n) is 5.80. The van der Waals surface area contributed by atoms with Gasteiger partial charge in [0.15, 0.2) is 5.75 Å². The summed E-state index contributed by atoms with van der Waals surface area (Å²) in [5, 5.41) is 2.74. The third kappa shape index (κ3) is 2.32. The third-order valence-electron chi connectivity index (χ3n) is 2.70. The van der Waals surface area contributed by atoms with Crippen LogP contribution in [0.3, 0.4) is 0 Å². The number of carbonyl (C=O) groups is 1. The highest BCUT2D eigenvalue weighted by Crippen LogP contribution is 2.41. The molecule has 0 aliphatic carbocycles. The zero-order valence-corrected chi connectivity index (χ0v) is 11.0. The van der Waals surface area contributed by atoms with E-state index in [1.807, 2.05) is 32.1 Å². The first kappa shape index (κ1) is 12.5. The number of benzene rings is 1. The number of hydrogen-bond donors (Lipinski definition) is 1. The lowest BCUT2D eigenvalue weighted by Crippen LogP contribution is -2.27. The minimum Gasteiger partial charge on any atom is -0.494 e. The van der Waals surface area contributed by atoms with Crippen LogP contribution in [0, 0.1) is 0 Å². The van der Waals surface area contributed by atoms with Crippen LogP contribution < -0.4 is 14.8 Å². The average molecular weight is 247 g/mol. The lowest BCUT2D eigenvalue weighted by molar-refractivity contribution is -0.114. The lowest BCUT2D eigenvalue weighted by Gasteiger charge is -2.29. The van der Waals surface area contributed by atoms with Crippen LogP contribution in [0.2, 0.25) is 0 Å². The normalized spacial score (nSPS) is 15.6. The molecule has 2 rings (SSSR count). The molecular formula is C14H17NO3. The fourth-order valence-corrected chi connectivity index (χ4v) is 1.94. The molecule has 1 aromatic carbocycles. The summed E-state index contributed by atoms with van der Waals surface area (Å²) in [5.74, 6) is 1.25. The van der Waals surface area contributed by atoms with Gasteiger partial charge in [-0.15, -0.1) is 0 Å². The van der Waals surface area contributed by atoms with Crippen molar-refractivity contribution in [2.45, 2.75) is 26.4 Å². The quantitative estimate of drug-likeness (QED) is 0.874. The summed E-state index contributed by atoms with van der Waals surface area (Å²) in [6, 6.07) is 3.63. The van der Waals surface area contributed by atoms with E-state index < -0.39 is 0 Å². The molecule has 96 valence electrons. The maximum atomic E-state index is 11.1. The fraction of sp³-hybridized carbons (Fsp3) is 0.357. The Morgan fingerprint density at radius 3 is 2.72 bits per heavy atom.